The lowest BCUT2D eigenvalue weighted by Gasteiger charge is -2.18. The Morgan fingerprint density at radius 2 is 1.73 bits per heavy atom. The minimum absolute atomic E-state index is 0.0278. The maximum atomic E-state index is 12.4. The summed E-state index contributed by atoms with van der Waals surface area (Å²) in [4.78, 5) is 0. The summed E-state index contributed by atoms with van der Waals surface area (Å²) in [6.07, 6.45) is -4.43. The molecular weight excluding hydrogens is 339 g/mol. The minimum Gasteiger partial charge on any atom is -0.316 e. The molecule has 1 aromatic carbocycles. The zero-order valence-electron chi connectivity index (χ0n) is 7.70. The van der Waals surface area contributed by atoms with Crippen LogP contribution in [-0.2, 0) is 0 Å². The summed E-state index contributed by atoms with van der Waals surface area (Å²) in [6, 6.07) is 1.02. The first-order chi connectivity index (χ1) is 6.73. The van der Waals surface area contributed by atoms with Crippen molar-refractivity contribution in [3.8, 4) is 0 Å². The molecular formula is C9H8Br2F3N. The molecule has 0 fully saturated rings. The lowest BCUT2D eigenvalue weighted by atomic mass is 10.1. The van der Waals surface area contributed by atoms with Crippen molar-refractivity contribution in [1.29, 1.82) is 0 Å². The van der Waals surface area contributed by atoms with E-state index in [1.54, 1.807) is 13.0 Å². The Morgan fingerprint density at radius 3 is 2.20 bits per heavy atom. The zero-order valence-corrected chi connectivity index (χ0v) is 10.9. The van der Waals surface area contributed by atoms with E-state index < -0.39 is 12.2 Å². The highest BCUT2D eigenvalue weighted by atomic mass is 79.9. The van der Waals surface area contributed by atoms with Gasteiger partial charge >= 0.3 is 6.18 Å². The number of benzene rings is 1. The molecule has 0 aliphatic rings. The number of hydrogen-bond acceptors (Lipinski definition) is 1. The Kier molecular flexibility index (Phi) is 3.84. The van der Waals surface area contributed by atoms with Crippen LogP contribution >= 0.6 is 31.9 Å². The highest BCUT2D eigenvalue weighted by Gasteiger charge is 2.38. The van der Waals surface area contributed by atoms with Crippen molar-refractivity contribution < 1.29 is 13.2 Å². The van der Waals surface area contributed by atoms with Gasteiger partial charge in [-0.2, -0.15) is 13.2 Å². The molecule has 84 valence electrons. The van der Waals surface area contributed by atoms with Crippen LogP contribution in [0.25, 0.3) is 0 Å². The monoisotopic (exact) mass is 345 g/mol. The quantitative estimate of drug-likeness (QED) is 0.814. The van der Waals surface area contributed by atoms with E-state index in [9.17, 15) is 13.2 Å². The van der Waals surface area contributed by atoms with E-state index in [0.717, 1.165) is 5.56 Å². The molecule has 0 amide bonds. The van der Waals surface area contributed by atoms with E-state index in [-0.39, 0.29) is 5.56 Å². The van der Waals surface area contributed by atoms with Gasteiger partial charge in [-0.05, 0) is 30.2 Å². The average molecular weight is 347 g/mol. The summed E-state index contributed by atoms with van der Waals surface area (Å²) < 4.78 is 38.1. The zero-order chi connectivity index (χ0) is 11.8. The van der Waals surface area contributed by atoms with Crippen LogP contribution < -0.4 is 5.73 Å². The van der Waals surface area contributed by atoms with Gasteiger partial charge in [0.1, 0.15) is 6.04 Å². The van der Waals surface area contributed by atoms with Crippen molar-refractivity contribution >= 4 is 31.9 Å². The van der Waals surface area contributed by atoms with Gasteiger partial charge in [0.05, 0.1) is 0 Å². The third-order valence-electron chi connectivity index (χ3n) is 1.97. The van der Waals surface area contributed by atoms with E-state index in [0.29, 0.717) is 8.95 Å². The Labute approximate surface area is 102 Å². The maximum absolute atomic E-state index is 12.4. The van der Waals surface area contributed by atoms with Gasteiger partial charge in [0.25, 0.3) is 0 Å². The fraction of sp³-hybridized carbons (Fsp3) is 0.333. The fourth-order valence-electron chi connectivity index (χ4n) is 1.08. The second kappa shape index (κ2) is 4.43. The molecule has 1 aromatic rings. The van der Waals surface area contributed by atoms with Crippen LogP contribution in [0, 0.1) is 6.92 Å². The smallest absolute Gasteiger partial charge is 0.316 e. The number of nitrogens with two attached hydrogens (primary N) is 1. The Bertz CT molecular complexity index is 376. The molecule has 0 heterocycles. The van der Waals surface area contributed by atoms with Crippen LogP contribution in [-0.4, -0.2) is 6.18 Å². The Balaban J connectivity index is 3.21. The number of rotatable bonds is 1. The third-order valence-corrected chi connectivity index (χ3v) is 3.51. The molecule has 0 radical (unpaired) electrons. The molecule has 1 rings (SSSR count). The molecule has 6 heteroatoms. The number of hydrogen-bond donors (Lipinski definition) is 1. The molecule has 0 bridgehead atoms. The van der Waals surface area contributed by atoms with E-state index in [1.165, 1.54) is 6.07 Å². The fourth-order valence-corrected chi connectivity index (χ4v) is 2.14. The van der Waals surface area contributed by atoms with Crippen molar-refractivity contribution in [1.82, 2.24) is 0 Å². The van der Waals surface area contributed by atoms with Crippen molar-refractivity contribution in [3.05, 3.63) is 32.2 Å². The average Bonchev–Trinajstić information content (AvgIpc) is 2.08. The first kappa shape index (κ1) is 13.0. The normalized spacial score (nSPS) is 14.1. The summed E-state index contributed by atoms with van der Waals surface area (Å²) in [5, 5.41) is 0. The molecule has 2 N–H and O–H groups in total. The molecule has 0 aliphatic heterocycles. The summed E-state index contributed by atoms with van der Waals surface area (Å²) in [5.41, 5.74) is 5.99. The lowest BCUT2D eigenvalue weighted by Crippen LogP contribution is -2.28. The van der Waals surface area contributed by atoms with Gasteiger partial charge in [0.15, 0.2) is 0 Å². The second-order valence-corrected chi connectivity index (χ2v) is 4.85. The molecule has 0 aromatic heterocycles. The summed E-state index contributed by atoms with van der Waals surface area (Å²) in [6.45, 7) is 1.79. The lowest BCUT2D eigenvalue weighted by molar-refractivity contribution is -0.149. The van der Waals surface area contributed by atoms with E-state index in [2.05, 4.69) is 31.9 Å². The topological polar surface area (TPSA) is 26.0 Å². The van der Waals surface area contributed by atoms with E-state index >= 15 is 0 Å². The predicted molar refractivity (Wildman–Crippen MR) is 59.6 cm³/mol. The largest absolute Gasteiger partial charge is 0.407 e. The number of aryl methyl sites for hydroxylation is 1. The van der Waals surface area contributed by atoms with Gasteiger partial charge in [0.2, 0.25) is 0 Å². The molecule has 1 atom stereocenters. The standard InChI is InChI=1S/C9H8Br2F3N/c1-4-2-7(11)5(3-6(4)10)8(15)9(12,13)14/h2-3,8H,15H2,1H3. The highest BCUT2D eigenvalue weighted by Crippen LogP contribution is 2.36. The molecule has 0 aliphatic carbocycles. The molecule has 1 nitrogen and oxygen atoms in total. The summed E-state index contributed by atoms with van der Waals surface area (Å²) in [5.74, 6) is 0. The molecule has 0 saturated heterocycles. The third kappa shape index (κ3) is 2.95. The second-order valence-electron chi connectivity index (χ2n) is 3.14. The SMILES string of the molecule is Cc1cc(Br)c(C(N)C(F)(F)F)cc1Br. The van der Waals surface area contributed by atoms with E-state index in [4.69, 9.17) is 5.73 Å². The van der Waals surface area contributed by atoms with Crippen LogP contribution in [0.2, 0.25) is 0 Å². The van der Waals surface area contributed by atoms with Crippen LogP contribution in [0.1, 0.15) is 17.2 Å². The van der Waals surface area contributed by atoms with Crippen molar-refractivity contribution in [3.63, 3.8) is 0 Å². The predicted octanol–water partition coefficient (Wildman–Crippen LogP) is 4.08. The van der Waals surface area contributed by atoms with Crippen molar-refractivity contribution in [2.75, 3.05) is 0 Å². The van der Waals surface area contributed by atoms with Gasteiger partial charge in [-0.3, -0.25) is 0 Å². The minimum atomic E-state index is -4.43. The number of halogens is 5. The van der Waals surface area contributed by atoms with Crippen LogP contribution in [0.3, 0.4) is 0 Å². The van der Waals surface area contributed by atoms with Crippen LogP contribution in [0.4, 0.5) is 13.2 Å². The highest BCUT2D eigenvalue weighted by molar-refractivity contribution is 9.11. The Morgan fingerprint density at radius 1 is 1.20 bits per heavy atom. The van der Waals surface area contributed by atoms with Gasteiger partial charge < -0.3 is 5.73 Å². The molecule has 0 spiro atoms. The molecule has 0 saturated carbocycles. The van der Waals surface area contributed by atoms with Crippen LogP contribution in [0.5, 0.6) is 0 Å². The maximum Gasteiger partial charge on any atom is 0.407 e. The number of alkyl halides is 3. The van der Waals surface area contributed by atoms with Gasteiger partial charge in [-0.1, -0.05) is 31.9 Å². The van der Waals surface area contributed by atoms with Gasteiger partial charge in [-0.25, -0.2) is 0 Å². The first-order valence-electron chi connectivity index (χ1n) is 4.01. The van der Waals surface area contributed by atoms with Crippen LogP contribution in [0.15, 0.2) is 21.1 Å². The van der Waals surface area contributed by atoms with Crippen molar-refractivity contribution in [2.45, 2.75) is 19.1 Å². The molecule has 15 heavy (non-hydrogen) atoms. The summed E-state index contributed by atoms with van der Waals surface area (Å²) in [7, 11) is 0. The van der Waals surface area contributed by atoms with E-state index in [1.807, 2.05) is 0 Å². The van der Waals surface area contributed by atoms with Gasteiger partial charge in [0, 0.05) is 8.95 Å². The molecule has 1 unspecified atom stereocenters. The van der Waals surface area contributed by atoms with Gasteiger partial charge in [-0.15, -0.1) is 0 Å². The Hall–Kier alpha value is -0.0700. The summed E-state index contributed by atoms with van der Waals surface area (Å²) >= 11 is 6.25. The van der Waals surface area contributed by atoms with Crippen molar-refractivity contribution in [2.24, 2.45) is 5.73 Å². The first-order valence-corrected chi connectivity index (χ1v) is 5.60.